The van der Waals surface area contributed by atoms with Crippen LogP contribution >= 0.6 is 0 Å². The van der Waals surface area contributed by atoms with Crippen molar-refractivity contribution in [3.05, 3.63) is 0 Å². The van der Waals surface area contributed by atoms with Crippen LogP contribution in [0.25, 0.3) is 0 Å². The molecule has 2 heteroatoms. The van der Waals surface area contributed by atoms with Gasteiger partial charge in [-0.1, -0.05) is 0 Å². The molecule has 0 bridgehead atoms. The van der Waals surface area contributed by atoms with Crippen LogP contribution in [0.1, 0.15) is 27.2 Å². The average Bonchev–Trinajstić information content (AvgIpc) is 2.30. The van der Waals surface area contributed by atoms with Crippen molar-refractivity contribution < 1.29 is 0 Å². The molecular formula is C10H22N2. The van der Waals surface area contributed by atoms with Gasteiger partial charge in [0.15, 0.2) is 0 Å². The van der Waals surface area contributed by atoms with Crippen molar-refractivity contribution in [1.82, 2.24) is 9.80 Å². The van der Waals surface area contributed by atoms with Crippen LogP contribution in [0, 0.1) is 0 Å². The highest BCUT2D eigenvalue weighted by atomic mass is 15.3. The van der Waals surface area contributed by atoms with Crippen LogP contribution in [0.2, 0.25) is 0 Å². The van der Waals surface area contributed by atoms with E-state index >= 15 is 0 Å². The summed E-state index contributed by atoms with van der Waals surface area (Å²) in [7, 11) is 4.35. The van der Waals surface area contributed by atoms with Gasteiger partial charge in [-0.15, -0.1) is 0 Å². The van der Waals surface area contributed by atoms with Crippen LogP contribution in [0.5, 0.6) is 0 Å². The lowest BCUT2D eigenvalue weighted by Gasteiger charge is -2.32. The molecule has 0 aromatic carbocycles. The second-order valence-corrected chi connectivity index (χ2v) is 5.02. The molecule has 1 rings (SSSR count). The minimum atomic E-state index is 0.352. The smallest absolute Gasteiger partial charge is 0.0229 e. The van der Waals surface area contributed by atoms with Gasteiger partial charge in [0.25, 0.3) is 0 Å². The molecule has 0 saturated carbocycles. The second kappa shape index (κ2) is 3.35. The molecule has 1 fully saturated rings. The predicted octanol–water partition coefficient (Wildman–Crippen LogP) is 1.42. The molecule has 2 nitrogen and oxygen atoms in total. The monoisotopic (exact) mass is 170 g/mol. The zero-order valence-electron chi connectivity index (χ0n) is 9.09. The highest BCUT2D eigenvalue weighted by Gasteiger charge is 2.30. The van der Waals surface area contributed by atoms with Crippen molar-refractivity contribution in [1.29, 1.82) is 0 Å². The third-order valence-corrected chi connectivity index (χ3v) is 2.84. The summed E-state index contributed by atoms with van der Waals surface area (Å²) in [6.07, 6.45) is 1.32. The Hall–Kier alpha value is -0.0800. The summed E-state index contributed by atoms with van der Waals surface area (Å²) in [5.74, 6) is 0. The Balaban J connectivity index is 2.46. The highest BCUT2D eigenvalue weighted by Crippen LogP contribution is 2.22. The van der Waals surface area contributed by atoms with E-state index in [1.807, 2.05) is 0 Å². The van der Waals surface area contributed by atoms with E-state index in [9.17, 15) is 0 Å². The first-order valence-electron chi connectivity index (χ1n) is 4.83. The first-order chi connectivity index (χ1) is 5.41. The van der Waals surface area contributed by atoms with E-state index in [0.717, 1.165) is 6.04 Å². The Kier molecular flexibility index (Phi) is 2.79. The molecule has 1 aliphatic rings. The SMILES string of the molecule is CN(C)C1CCN(C(C)(C)C)C1. The number of hydrogen-bond donors (Lipinski definition) is 0. The molecule has 12 heavy (non-hydrogen) atoms. The lowest BCUT2D eigenvalue weighted by molar-refractivity contribution is 0.159. The van der Waals surface area contributed by atoms with Gasteiger partial charge >= 0.3 is 0 Å². The van der Waals surface area contributed by atoms with Crippen LogP contribution in [-0.2, 0) is 0 Å². The lowest BCUT2D eigenvalue weighted by atomic mass is 10.1. The molecule has 0 aromatic heterocycles. The number of likely N-dealkylation sites (N-methyl/N-ethyl adjacent to an activating group) is 1. The molecule has 1 saturated heterocycles. The van der Waals surface area contributed by atoms with Gasteiger partial charge in [-0.25, -0.2) is 0 Å². The van der Waals surface area contributed by atoms with Gasteiger partial charge in [-0.2, -0.15) is 0 Å². The zero-order chi connectivity index (χ0) is 9.35. The zero-order valence-corrected chi connectivity index (χ0v) is 9.09. The molecule has 0 spiro atoms. The molecule has 1 aliphatic heterocycles. The summed E-state index contributed by atoms with van der Waals surface area (Å²) >= 11 is 0. The Labute approximate surface area is 76.5 Å². The molecular weight excluding hydrogens is 148 g/mol. The fraction of sp³-hybridized carbons (Fsp3) is 1.00. The van der Waals surface area contributed by atoms with Gasteiger partial charge in [0.05, 0.1) is 0 Å². The van der Waals surface area contributed by atoms with Gasteiger partial charge in [0.1, 0.15) is 0 Å². The van der Waals surface area contributed by atoms with Gasteiger partial charge in [0.2, 0.25) is 0 Å². The van der Waals surface area contributed by atoms with E-state index in [2.05, 4.69) is 44.7 Å². The van der Waals surface area contributed by atoms with Gasteiger partial charge < -0.3 is 4.90 Å². The Morgan fingerprint density at radius 1 is 1.25 bits per heavy atom. The minimum Gasteiger partial charge on any atom is -0.305 e. The number of rotatable bonds is 1. The topological polar surface area (TPSA) is 6.48 Å². The maximum atomic E-state index is 2.57. The number of nitrogens with zero attached hydrogens (tertiary/aromatic N) is 2. The standard InChI is InChI=1S/C10H22N2/c1-10(2,3)12-7-6-9(8-12)11(4)5/h9H,6-8H2,1-5H3. The van der Waals surface area contributed by atoms with Crippen molar-refractivity contribution >= 4 is 0 Å². The molecule has 0 radical (unpaired) electrons. The predicted molar refractivity (Wildman–Crippen MR) is 53.4 cm³/mol. The summed E-state index contributed by atoms with van der Waals surface area (Å²) in [4.78, 5) is 4.91. The van der Waals surface area contributed by atoms with Crippen LogP contribution in [0.4, 0.5) is 0 Å². The summed E-state index contributed by atoms with van der Waals surface area (Å²) < 4.78 is 0. The molecule has 0 aromatic rings. The van der Waals surface area contributed by atoms with Crippen LogP contribution in [0.3, 0.4) is 0 Å². The van der Waals surface area contributed by atoms with Crippen LogP contribution in [0.15, 0.2) is 0 Å². The summed E-state index contributed by atoms with van der Waals surface area (Å²) in [5, 5.41) is 0. The van der Waals surface area contributed by atoms with Gasteiger partial charge in [-0.05, 0) is 41.3 Å². The first kappa shape index (κ1) is 10.0. The van der Waals surface area contributed by atoms with Crippen LogP contribution < -0.4 is 0 Å². The molecule has 1 unspecified atom stereocenters. The minimum absolute atomic E-state index is 0.352. The van der Waals surface area contributed by atoms with Crippen LogP contribution in [-0.4, -0.2) is 48.6 Å². The largest absolute Gasteiger partial charge is 0.305 e. The van der Waals surface area contributed by atoms with Crippen molar-refractivity contribution in [3.63, 3.8) is 0 Å². The summed E-state index contributed by atoms with van der Waals surface area (Å²) in [6, 6.07) is 0.768. The van der Waals surface area contributed by atoms with E-state index in [1.165, 1.54) is 19.5 Å². The van der Waals surface area contributed by atoms with Gasteiger partial charge in [0, 0.05) is 24.7 Å². The fourth-order valence-corrected chi connectivity index (χ4v) is 1.77. The van der Waals surface area contributed by atoms with Crippen molar-refractivity contribution in [3.8, 4) is 0 Å². The molecule has 0 amide bonds. The normalized spacial score (nSPS) is 27.0. The third kappa shape index (κ3) is 2.20. The molecule has 1 atom stereocenters. The molecule has 0 aliphatic carbocycles. The number of hydrogen-bond acceptors (Lipinski definition) is 2. The Morgan fingerprint density at radius 2 is 1.83 bits per heavy atom. The van der Waals surface area contributed by atoms with E-state index < -0.39 is 0 Å². The molecule has 72 valence electrons. The van der Waals surface area contributed by atoms with E-state index in [0.29, 0.717) is 5.54 Å². The average molecular weight is 170 g/mol. The maximum Gasteiger partial charge on any atom is 0.0229 e. The quantitative estimate of drug-likeness (QED) is 0.587. The van der Waals surface area contributed by atoms with Gasteiger partial charge in [-0.3, -0.25) is 4.90 Å². The number of likely N-dealkylation sites (tertiary alicyclic amines) is 1. The fourth-order valence-electron chi connectivity index (χ4n) is 1.77. The Bertz CT molecular complexity index is 146. The van der Waals surface area contributed by atoms with E-state index in [1.54, 1.807) is 0 Å². The van der Waals surface area contributed by atoms with E-state index in [4.69, 9.17) is 0 Å². The second-order valence-electron chi connectivity index (χ2n) is 5.02. The highest BCUT2D eigenvalue weighted by molar-refractivity contribution is 4.87. The van der Waals surface area contributed by atoms with Crippen molar-refractivity contribution in [2.45, 2.75) is 38.8 Å². The maximum absolute atomic E-state index is 2.57. The molecule has 0 N–H and O–H groups in total. The Morgan fingerprint density at radius 3 is 2.08 bits per heavy atom. The summed E-state index contributed by atoms with van der Waals surface area (Å²) in [6.45, 7) is 9.38. The third-order valence-electron chi connectivity index (χ3n) is 2.84. The van der Waals surface area contributed by atoms with Crippen molar-refractivity contribution in [2.24, 2.45) is 0 Å². The van der Waals surface area contributed by atoms with Crippen molar-refractivity contribution in [2.75, 3.05) is 27.2 Å². The first-order valence-corrected chi connectivity index (χ1v) is 4.83. The lowest BCUT2D eigenvalue weighted by Crippen LogP contribution is -2.41. The summed E-state index contributed by atoms with van der Waals surface area (Å²) in [5.41, 5.74) is 0.352. The molecule has 1 heterocycles. The van der Waals surface area contributed by atoms with E-state index in [-0.39, 0.29) is 0 Å².